The van der Waals surface area contributed by atoms with E-state index in [0.29, 0.717) is 12.1 Å². The lowest BCUT2D eigenvalue weighted by atomic mass is 10.2. The van der Waals surface area contributed by atoms with Crippen LogP contribution in [0, 0.1) is 0 Å². The van der Waals surface area contributed by atoms with Gasteiger partial charge in [0.1, 0.15) is 6.54 Å². The van der Waals surface area contributed by atoms with Crippen molar-refractivity contribution in [1.29, 1.82) is 0 Å². The number of hydrogen-bond donors (Lipinski definition) is 1. The van der Waals surface area contributed by atoms with Gasteiger partial charge in [-0.3, -0.25) is 4.79 Å². The van der Waals surface area contributed by atoms with Crippen molar-refractivity contribution in [3.63, 3.8) is 0 Å². The quantitative estimate of drug-likeness (QED) is 0.682. The summed E-state index contributed by atoms with van der Waals surface area (Å²) in [5, 5.41) is 2.75. The third-order valence-corrected chi connectivity index (χ3v) is 1.86. The first-order valence-electron chi connectivity index (χ1n) is 4.55. The Morgan fingerprint density at radius 1 is 1.38 bits per heavy atom. The van der Waals surface area contributed by atoms with Crippen molar-refractivity contribution in [3.8, 4) is 0 Å². The number of hydrogen-bond acceptors (Lipinski definition) is 1. The summed E-state index contributed by atoms with van der Waals surface area (Å²) >= 11 is 0. The summed E-state index contributed by atoms with van der Waals surface area (Å²) < 4.78 is 2.02. The molecule has 1 rings (SSSR count). The van der Waals surface area contributed by atoms with E-state index in [4.69, 9.17) is 0 Å². The Hall–Kier alpha value is -1.38. The lowest BCUT2D eigenvalue weighted by molar-refractivity contribution is -0.693. The highest BCUT2D eigenvalue weighted by Crippen LogP contribution is 1.94. The maximum absolute atomic E-state index is 11.3. The summed E-state index contributed by atoms with van der Waals surface area (Å²) in [6, 6.07) is 3.66. The molecule has 0 spiro atoms. The molecular weight excluding hydrogens is 164 g/mol. The molecule has 3 nitrogen and oxygen atoms in total. The van der Waals surface area contributed by atoms with Crippen LogP contribution in [-0.4, -0.2) is 12.5 Å². The molecule has 1 heterocycles. The van der Waals surface area contributed by atoms with Gasteiger partial charge in [-0.15, -0.1) is 0 Å². The Bertz CT molecular complexity index is 279. The van der Waals surface area contributed by atoms with Crippen LogP contribution in [0.5, 0.6) is 0 Å². The zero-order valence-corrected chi connectivity index (χ0v) is 8.08. The molecule has 0 fully saturated rings. The van der Waals surface area contributed by atoms with Crippen LogP contribution >= 0.6 is 0 Å². The Balaban J connectivity index is 2.74. The molecule has 0 aliphatic rings. The first-order valence-corrected chi connectivity index (χ1v) is 4.55. The average molecular weight is 179 g/mol. The van der Waals surface area contributed by atoms with Gasteiger partial charge in [-0.05, 0) is 13.8 Å². The van der Waals surface area contributed by atoms with Gasteiger partial charge in [-0.25, -0.2) is 4.57 Å². The Morgan fingerprint density at radius 2 is 2.00 bits per heavy atom. The van der Waals surface area contributed by atoms with Crippen molar-refractivity contribution < 1.29 is 9.36 Å². The van der Waals surface area contributed by atoms with Crippen LogP contribution in [0.4, 0.5) is 0 Å². The van der Waals surface area contributed by atoms with E-state index in [1.54, 1.807) is 0 Å². The van der Waals surface area contributed by atoms with E-state index in [1.807, 2.05) is 36.0 Å². The SMILES string of the molecule is CCNC(=O)c1cc[n+](CC)cc1. The topological polar surface area (TPSA) is 33.0 Å². The fourth-order valence-corrected chi connectivity index (χ4v) is 1.08. The molecule has 70 valence electrons. The summed E-state index contributed by atoms with van der Waals surface area (Å²) in [5.41, 5.74) is 0.714. The van der Waals surface area contributed by atoms with Crippen molar-refractivity contribution in [1.82, 2.24) is 5.32 Å². The van der Waals surface area contributed by atoms with Gasteiger partial charge >= 0.3 is 0 Å². The van der Waals surface area contributed by atoms with Crippen LogP contribution in [0.25, 0.3) is 0 Å². The number of rotatable bonds is 3. The number of aromatic nitrogens is 1. The van der Waals surface area contributed by atoms with Crippen molar-refractivity contribution in [2.24, 2.45) is 0 Å². The highest BCUT2D eigenvalue weighted by atomic mass is 16.1. The van der Waals surface area contributed by atoms with Crippen LogP contribution in [0.15, 0.2) is 24.5 Å². The van der Waals surface area contributed by atoms with Crippen LogP contribution < -0.4 is 9.88 Å². The van der Waals surface area contributed by atoms with E-state index < -0.39 is 0 Å². The number of aryl methyl sites for hydroxylation is 1. The Morgan fingerprint density at radius 3 is 2.46 bits per heavy atom. The Kier molecular flexibility index (Phi) is 3.43. The number of pyridine rings is 1. The number of nitrogens with zero attached hydrogens (tertiary/aromatic N) is 1. The van der Waals surface area contributed by atoms with Gasteiger partial charge in [0.25, 0.3) is 5.91 Å². The molecule has 1 aromatic heterocycles. The largest absolute Gasteiger partial charge is 0.352 e. The maximum Gasteiger partial charge on any atom is 0.251 e. The van der Waals surface area contributed by atoms with Crippen LogP contribution in [0.3, 0.4) is 0 Å². The third-order valence-electron chi connectivity index (χ3n) is 1.86. The molecule has 0 aliphatic carbocycles. The van der Waals surface area contributed by atoms with Gasteiger partial charge in [-0.2, -0.15) is 0 Å². The summed E-state index contributed by atoms with van der Waals surface area (Å²) in [6.45, 7) is 5.57. The van der Waals surface area contributed by atoms with Crippen molar-refractivity contribution in [2.45, 2.75) is 20.4 Å². The average Bonchev–Trinajstić information content (AvgIpc) is 2.18. The fraction of sp³-hybridized carbons (Fsp3) is 0.400. The van der Waals surface area contributed by atoms with Crippen molar-refractivity contribution >= 4 is 5.91 Å². The molecule has 1 aromatic rings. The van der Waals surface area contributed by atoms with Crippen molar-refractivity contribution in [2.75, 3.05) is 6.54 Å². The molecule has 0 bridgehead atoms. The normalized spacial score (nSPS) is 9.69. The molecular formula is C10H15N2O+. The smallest absolute Gasteiger partial charge is 0.251 e. The van der Waals surface area contributed by atoms with Crippen LogP contribution in [0.2, 0.25) is 0 Å². The first kappa shape index (κ1) is 9.71. The molecule has 3 heteroatoms. The highest BCUT2D eigenvalue weighted by Gasteiger charge is 2.05. The van der Waals surface area contributed by atoms with E-state index in [2.05, 4.69) is 12.2 Å². The summed E-state index contributed by atoms with van der Waals surface area (Å²) in [5.74, 6) is -0.00856. The van der Waals surface area contributed by atoms with Gasteiger partial charge < -0.3 is 5.32 Å². The monoisotopic (exact) mass is 179 g/mol. The summed E-state index contributed by atoms with van der Waals surface area (Å²) in [4.78, 5) is 11.3. The van der Waals surface area contributed by atoms with Crippen LogP contribution in [0.1, 0.15) is 24.2 Å². The molecule has 0 saturated carbocycles. The van der Waals surface area contributed by atoms with E-state index in [-0.39, 0.29) is 5.91 Å². The minimum atomic E-state index is -0.00856. The zero-order chi connectivity index (χ0) is 9.68. The van der Waals surface area contributed by atoms with Gasteiger partial charge in [0.15, 0.2) is 12.4 Å². The molecule has 0 aromatic carbocycles. The van der Waals surface area contributed by atoms with Gasteiger partial charge in [0.05, 0.1) is 5.56 Å². The second-order valence-corrected chi connectivity index (χ2v) is 2.78. The predicted octanol–water partition coefficient (Wildman–Crippen LogP) is 0.744. The molecule has 0 radical (unpaired) electrons. The van der Waals surface area contributed by atoms with E-state index in [0.717, 1.165) is 6.54 Å². The molecule has 0 saturated heterocycles. The molecule has 0 unspecified atom stereocenters. The Labute approximate surface area is 78.4 Å². The lowest BCUT2D eigenvalue weighted by Crippen LogP contribution is -2.32. The standard InChI is InChI=1S/C10H14N2O/c1-3-11-10(13)9-5-7-12(4-2)8-6-9/h5-8H,3-4H2,1-2H3/p+1. The minimum Gasteiger partial charge on any atom is -0.352 e. The minimum absolute atomic E-state index is 0.00856. The molecule has 0 aliphatic heterocycles. The maximum atomic E-state index is 11.3. The summed E-state index contributed by atoms with van der Waals surface area (Å²) in [6.07, 6.45) is 3.81. The lowest BCUT2D eigenvalue weighted by Gasteiger charge is -1.99. The predicted molar refractivity (Wildman–Crippen MR) is 50.3 cm³/mol. The van der Waals surface area contributed by atoms with E-state index in [1.165, 1.54) is 0 Å². The number of nitrogens with one attached hydrogen (secondary N) is 1. The van der Waals surface area contributed by atoms with E-state index in [9.17, 15) is 4.79 Å². The van der Waals surface area contributed by atoms with Crippen molar-refractivity contribution in [3.05, 3.63) is 30.1 Å². The zero-order valence-electron chi connectivity index (χ0n) is 8.08. The summed E-state index contributed by atoms with van der Waals surface area (Å²) in [7, 11) is 0. The molecule has 1 N–H and O–H groups in total. The number of carbonyl (C=O) groups is 1. The number of amides is 1. The second-order valence-electron chi connectivity index (χ2n) is 2.78. The van der Waals surface area contributed by atoms with Gasteiger partial charge in [0, 0.05) is 18.7 Å². The van der Waals surface area contributed by atoms with E-state index >= 15 is 0 Å². The number of carbonyl (C=O) groups excluding carboxylic acids is 1. The molecule has 0 atom stereocenters. The third kappa shape index (κ3) is 2.54. The fourth-order valence-electron chi connectivity index (χ4n) is 1.08. The van der Waals surface area contributed by atoms with Crippen LogP contribution in [-0.2, 0) is 6.54 Å². The molecule has 13 heavy (non-hydrogen) atoms. The van der Waals surface area contributed by atoms with Gasteiger partial charge in [0.2, 0.25) is 0 Å². The van der Waals surface area contributed by atoms with Gasteiger partial charge in [-0.1, -0.05) is 0 Å². The second kappa shape index (κ2) is 4.60. The first-order chi connectivity index (χ1) is 6.27. The molecule has 1 amide bonds. The highest BCUT2D eigenvalue weighted by molar-refractivity contribution is 5.93.